The Hall–Kier alpha value is -2.82. The number of imidazole rings is 1. The average Bonchev–Trinajstić information content (AvgIpc) is 3.10. The van der Waals surface area contributed by atoms with E-state index in [1.165, 1.54) is 0 Å². The maximum absolute atomic E-state index is 6.18. The molecular formula is C22H20ClN3O. The van der Waals surface area contributed by atoms with Gasteiger partial charge in [-0.3, -0.25) is 0 Å². The molecule has 0 spiro atoms. The van der Waals surface area contributed by atoms with Gasteiger partial charge >= 0.3 is 0 Å². The summed E-state index contributed by atoms with van der Waals surface area (Å²) in [6.45, 7) is 1.87. The van der Waals surface area contributed by atoms with Crippen molar-refractivity contribution in [3.63, 3.8) is 0 Å². The number of rotatable bonds is 7. The molecule has 5 heteroatoms. The monoisotopic (exact) mass is 377 g/mol. The van der Waals surface area contributed by atoms with E-state index in [0.29, 0.717) is 13.2 Å². The predicted molar refractivity (Wildman–Crippen MR) is 109 cm³/mol. The SMILES string of the molecule is Clc1ccccc1COc1cccc(CNCc2nc3ccccc3[nH]2)c1. The molecule has 27 heavy (non-hydrogen) atoms. The third-order valence-electron chi connectivity index (χ3n) is 4.31. The third kappa shape index (κ3) is 4.48. The summed E-state index contributed by atoms with van der Waals surface area (Å²) < 4.78 is 5.89. The van der Waals surface area contributed by atoms with Crippen LogP contribution in [0.15, 0.2) is 72.8 Å². The molecule has 0 bridgehead atoms. The van der Waals surface area contributed by atoms with Crippen molar-refractivity contribution in [3.05, 3.63) is 94.8 Å². The zero-order valence-corrected chi connectivity index (χ0v) is 15.5. The van der Waals surface area contributed by atoms with E-state index in [-0.39, 0.29) is 0 Å². The average molecular weight is 378 g/mol. The minimum absolute atomic E-state index is 0.454. The minimum atomic E-state index is 0.454. The lowest BCUT2D eigenvalue weighted by Gasteiger charge is -2.09. The molecule has 136 valence electrons. The minimum Gasteiger partial charge on any atom is -0.489 e. The number of para-hydroxylation sites is 2. The van der Waals surface area contributed by atoms with Gasteiger partial charge in [0.2, 0.25) is 0 Å². The van der Waals surface area contributed by atoms with Crippen LogP contribution in [0, 0.1) is 0 Å². The van der Waals surface area contributed by atoms with Crippen molar-refractivity contribution in [2.75, 3.05) is 0 Å². The predicted octanol–water partition coefficient (Wildman–Crippen LogP) is 5.09. The molecule has 3 aromatic carbocycles. The number of aromatic amines is 1. The van der Waals surface area contributed by atoms with Crippen LogP contribution in [0.3, 0.4) is 0 Å². The van der Waals surface area contributed by atoms with Crippen LogP contribution in [-0.4, -0.2) is 9.97 Å². The van der Waals surface area contributed by atoms with Gasteiger partial charge in [0.25, 0.3) is 0 Å². The Morgan fingerprint density at radius 3 is 2.67 bits per heavy atom. The molecule has 2 N–H and O–H groups in total. The molecule has 4 rings (SSSR count). The van der Waals surface area contributed by atoms with Crippen LogP contribution in [0.1, 0.15) is 17.0 Å². The fraction of sp³-hybridized carbons (Fsp3) is 0.136. The summed E-state index contributed by atoms with van der Waals surface area (Å²) in [5.74, 6) is 1.76. The second kappa shape index (κ2) is 8.25. The second-order valence-electron chi connectivity index (χ2n) is 6.33. The molecule has 0 atom stereocenters. The van der Waals surface area contributed by atoms with E-state index in [2.05, 4.69) is 21.4 Å². The Bertz CT molecular complexity index is 1010. The Balaban J connectivity index is 1.33. The fourth-order valence-corrected chi connectivity index (χ4v) is 3.13. The first kappa shape index (κ1) is 17.6. The smallest absolute Gasteiger partial charge is 0.121 e. The van der Waals surface area contributed by atoms with Crippen LogP contribution in [0.5, 0.6) is 5.75 Å². The number of benzene rings is 3. The highest BCUT2D eigenvalue weighted by atomic mass is 35.5. The standard InChI is InChI=1S/C22H20ClN3O/c23-19-9-2-1-7-17(19)15-27-18-8-5-6-16(12-18)13-24-14-22-25-20-10-3-4-11-21(20)26-22/h1-12,24H,13-15H2,(H,25,26). The lowest BCUT2D eigenvalue weighted by molar-refractivity contribution is 0.306. The largest absolute Gasteiger partial charge is 0.489 e. The van der Waals surface area contributed by atoms with E-state index in [9.17, 15) is 0 Å². The van der Waals surface area contributed by atoms with Crippen molar-refractivity contribution in [1.82, 2.24) is 15.3 Å². The van der Waals surface area contributed by atoms with Gasteiger partial charge in [-0.2, -0.15) is 0 Å². The van der Waals surface area contributed by atoms with Crippen molar-refractivity contribution >= 4 is 22.6 Å². The molecule has 0 unspecified atom stereocenters. The number of H-pyrrole nitrogens is 1. The summed E-state index contributed by atoms with van der Waals surface area (Å²) in [6.07, 6.45) is 0. The molecule has 0 fully saturated rings. The van der Waals surface area contributed by atoms with Gasteiger partial charge in [0, 0.05) is 17.1 Å². The quantitative estimate of drug-likeness (QED) is 0.472. The van der Waals surface area contributed by atoms with E-state index in [0.717, 1.165) is 45.3 Å². The van der Waals surface area contributed by atoms with Crippen molar-refractivity contribution in [1.29, 1.82) is 0 Å². The Morgan fingerprint density at radius 2 is 1.78 bits per heavy atom. The highest BCUT2D eigenvalue weighted by Gasteiger charge is 2.03. The van der Waals surface area contributed by atoms with Gasteiger partial charge in [-0.1, -0.05) is 54.1 Å². The molecule has 0 aliphatic heterocycles. The van der Waals surface area contributed by atoms with Crippen LogP contribution < -0.4 is 10.1 Å². The van der Waals surface area contributed by atoms with Crippen LogP contribution in [0.25, 0.3) is 11.0 Å². The van der Waals surface area contributed by atoms with Crippen LogP contribution >= 0.6 is 11.6 Å². The number of hydrogen-bond acceptors (Lipinski definition) is 3. The lowest BCUT2D eigenvalue weighted by atomic mass is 10.2. The normalized spacial score (nSPS) is 11.0. The van der Waals surface area contributed by atoms with Crippen molar-refractivity contribution in [2.24, 2.45) is 0 Å². The number of aromatic nitrogens is 2. The zero-order chi connectivity index (χ0) is 18.5. The first-order valence-corrected chi connectivity index (χ1v) is 9.25. The maximum Gasteiger partial charge on any atom is 0.121 e. The molecule has 0 saturated heterocycles. The van der Waals surface area contributed by atoms with Gasteiger partial charge in [0.1, 0.15) is 18.2 Å². The summed E-state index contributed by atoms with van der Waals surface area (Å²) in [6, 6.07) is 23.8. The van der Waals surface area contributed by atoms with Gasteiger partial charge in [-0.25, -0.2) is 4.98 Å². The summed E-state index contributed by atoms with van der Waals surface area (Å²) in [5.41, 5.74) is 4.18. The number of nitrogens with one attached hydrogen (secondary N) is 2. The Labute approximate surface area is 163 Å². The highest BCUT2D eigenvalue weighted by molar-refractivity contribution is 6.31. The molecule has 0 radical (unpaired) electrons. The van der Waals surface area contributed by atoms with Crippen molar-refractivity contribution < 1.29 is 4.74 Å². The van der Waals surface area contributed by atoms with E-state index in [1.54, 1.807) is 0 Å². The molecule has 1 aromatic heterocycles. The van der Waals surface area contributed by atoms with Crippen molar-refractivity contribution in [3.8, 4) is 5.75 Å². The van der Waals surface area contributed by atoms with Gasteiger partial charge in [0.05, 0.1) is 17.6 Å². The van der Waals surface area contributed by atoms with Crippen molar-refractivity contribution in [2.45, 2.75) is 19.7 Å². The lowest BCUT2D eigenvalue weighted by Crippen LogP contribution is -2.13. The van der Waals surface area contributed by atoms with E-state index in [1.807, 2.05) is 66.7 Å². The van der Waals surface area contributed by atoms with E-state index >= 15 is 0 Å². The zero-order valence-electron chi connectivity index (χ0n) is 14.8. The van der Waals surface area contributed by atoms with Gasteiger partial charge in [-0.15, -0.1) is 0 Å². The summed E-state index contributed by atoms with van der Waals surface area (Å²) in [4.78, 5) is 7.90. The topological polar surface area (TPSA) is 49.9 Å². The molecule has 0 aliphatic rings. The van der Waals surface area contributed by atoms with Gasteiger partial charge in [-0.05, 0) is 35.9 Å². The Morgan fingerprint density at radius 1 is 0.926 bits per heavy atom. The fourth-order valence-electron chi connectivity index (χ4n) is 2.94. The maximum atomic E-state index is 6.18. The molecule has 1 heterocycles. The number of fused-ring (bicyclic) bond motifs is 1. The number of nitrogens with zero attached hydrogens (tertiary/aromatic N) is 1. The second-order valence-corrected chi connectivity index (χ2v) is 6.74. The van der Waals surface area contributed by atoms with Crippen LogP contribution in [0.4, 0.5) is 0 Å². The first-order valence-electron chi connectivity index (χ1n) is 8.87. The van der Waals surface area contributed by atoms with Gasteiger partial charge in [0.15, 0.2) is 0 Å². The first-order chi connectivity index (χ1) is 13.3. The molecular weight excluding hydrogens is 358 g/mol. The number of ether oxygens (including phenoxy) is 1. The molecule has 4 aromatic rings. The highest BCUT2D eigenvalue weighted by Crippen LogP contribution is 2.19. The van der Waals surface area contributed by atoms with Crippen LogP contribution in [-0.2, 0) is 19.7 Å². The summed E-state index contributed by atoms with van der Waals surface area (Å²) in [5, 5.41) is 4.14. The molecule has 0 saturated carbocycles. The van der Waals surface area contributed by atoms with E-state index < -0.39 is 0 Å². The molecule has 4 nitrogen and oxygen atoms in total. The summed E-state index contributed by atoms with van der Waals surface area (Å²) in [7, 11) is 0. The number of halogens is 1. The van der Waals surface area contributed by atoms with Gasteiger partial charge < -0.3 is 15.0 Å². The van der Waals surface area contributed by atoms with E-state index in [4.69, 9.17) is 16.3 Å². The third-order valence-corrected chi connectivity index (χ3v) is 4.68. The van der Waals surface area contributed by atoms with Crippen LogP contribution in [0.2, 0.25) is 5.02 Å². The summed E-state index contributed by atoms with van der Waals surface area (Å²) >= 11 is 6.18. The number of hydrogen-bond donors (Lipinski definition) is 2. The molecule has 0 amide bonds. The molecule has 0 aliphatic carbocycles. The Kier molecular flexibility index (Phi) is 5.37.